The summed E-state index contributed by atoms with van der Waals surface area (Å²) >= 11 is 13.0. The van der Waals surface area contributed by atoms with Crippen molar-refractivity contribution in [3.8, 4) is 16.9 Å². The molecule has 15 heteroatoms. The lowest BCUT2D eigenvalue weighted by atomic mass is 10.1. The second kappa shape index (κ2) is 20.5. The molecule has 0 spiro atoms. The number of aromatic nitrogens is 3. The number of hydrogen-bond acceptors (Lipinski definition) is 9. The highest BCUT2D eigenvalue weighted by Gasteiger charge is 2.26. The van der Waals surface area contributed by atoms with Crippen molar-refractivity contribution in [3.05, 3.63) is 118 Å². The Morgan fingerprint density at radius 1 is 0.767 bits per heavy atom. The van der Waals surface area contributed by atoms with E-state index in [1.807, 2.05) is 48.5 Å². The molecule has 2 aromatic heterocycles. The van der Waals surface area contributed by atoms with Gasteiger partial charge in [-0.2, -0.15) is 5.10 Å². The van der Waals surface area contributed by atoms with Crippen LogP contribution in [0.25, 0.3) is 16.9 Å². The Hall–Kier alpha value is -5.76. The number of piperazine rings is 1. The largest absolute Gasteiger partial charge is 0.374 e. The number of amides is 4. The van der Waals surface area contributed by atoms with E-state index in [2.05, 4.69) is 53.3 Å². The molecule has 3 aromatic carbocycles. The van der Waals surface area contributed by atoms with E-state index >= 15 is 0 Å². The topological polar surface area (TPSA) is 154 Å². The fourth-order valence-corrected chi connectivity index (χ4v) is 8.03. The molecule has 0 aliphatic carbocycles. The molecule has 0 radical (unpaired) electrons. The lowest BCUT2D eigenvalue weighted by molar-refractivity contribution is -0.133. The summed E-state index contributed by atoms with van der Waals surface area (Å²) in [7, 11) is 0. The van der Waals surface area contributed by atoms with Crippen molar-refractivity contribution in [1.82, 2.24) is 30.3 Å². The Bertz CT molecular complexity index is 2260. The number of halogens is 2. The highest BCUT2D eigenvalue weighted by Crippen LogP contribution is 2.33. The molecule has 60 heavy (non-hydrogen) atoms. The van der Waals surface area contributed by atoms with Gasteiger partial charge in [0.25, 0.3) is 11.8 Å². The molecule has 2 aliphatic rings. The van der Waals surface area contributed by atoms with Gasteiger partial charge in [-0.05, 0) is 86.5 Å². The molecular formula is C45H49Cl2N9O4. The van der Waals surface area contributed by atoms with E-state index in [0.29, 0.717) is 47.2 Å². The molecule has 1 unspecified atom stereocenters. The van der Waals surface area contributed by atoms with Crippen molar-refractivity contribution in [1.29, 1.82) is 0 Å². The number of benzene rings is 3. The van der Waals surface area contributed by atoms with Crippen molar-refractivity contribution in [2.75, 3.05) is 54.8 Å². The molecule has 312 valence electrons. The minimum atomic E-state index is -0.484. The van der Waals surface area contributed by atoms with Crippen LogP contribution in [-0.4, -0.2) is 88.6 Å². The van der Waals surface area contributed by atoms with Crippen LogP contribution in [0, 0.1) is 0 Å². The summed E-state index contributed by atoms with van der Waals surface area (Å²) in [5.41, 5.74) is 4.29. The Morgan fingerprint density at radius 2 is 1.50 bits per heavy atom. The number of unbranched alkanes of at least 4 members (excludes halogenated alkanes) is 5. The van der Waals surface area contributed by atoms with E-state index in [0.717, 1.165) is 70.5 Å². The van der Waals surface area contributed by atoms with Crippen molar-refractivity contribution in [2.24, 2.45) is 0 Å². The van der Waals surface area contributed by atoms with Crippen LogP contribution in [0.5, 0.6) is 0 Å². The van der Waals surface area contributed by atoms with Crippen molar-refractivity contribution < 1.29 is 19.2 Å². The maximum absolute atomic E-state index is 13.6. The SMILES string of the molecule is O=C1CCC(Nc2ccc(N3CCN(CCCCCCCCNC(=O)c4cc(NC(=O)c5cc(-c6ccccn6)c(Cl)cc5Cl)n(-c5ccccc5)n4)CC3)cc2)C(=O)N1. The van der Waals surface area contributed by atoms with Crippen LogP contribution in [0.4, 0.5) is 17.2 Å². The zero-order chi connectivity index (χ0) is 41.8. The first-order valence-corrected chi connectivity index (χ1v) is 21.3. The molecule has 4 N–H and O–H groups in total. The summed E-state index contributed by atoms with van der Waals surface area (Å²) in [6, 6.07) is 27.2. The van der Waals surface area contributed by atoms with Gasteiger partial charge in [-0.25, -0.2) is 4.68 Å². The maximum atomic E-state index is 13.6. The Morgan fingerprint density at radius 3 is 2.23 bits per heavy atom. The molecule has 0 saturated carbocycles. The number of nitrogens with one attached hydrogen (secondary N) is 4. The summed E-state index contributed by atoms with van der Waals surface area (Å²) in [5, 5.41) is 16.6. The van der Waals surface area contributed by atoms with E-state index in [4.69, 9.17) is 23.2 Å². The van der Waals surface area contributed by atoms with E-state index in [9.17, 15) is 19.2 Å². The number of hydrogen-bond donors (Lipinski definition) is 4. The number of anilines is 3. The lowest BCUT2D eigenvalue weighted by Crippen LogP contribution is -2.47. The number of carbonyl (C=O) groups excluding carboxylic acids is 4. The van der Waals surface area contributed by atoms with Gasteiger partial charge >= 0.3 is 0 Å². The van der Waals surface area contributed by atoms with Crippen LogP contribution >= 0.6 is 23.2 Å². The molecule has 7 rings (SSSR count). The van der Waals surface area contributed by atoms with Crippen LogP contribution in [-0.2, 0) is 9.59 Å². The van der Waals surface area contributed by atoms with Crippen molar-refractivity contribution in [3.63, 3.8) is 0 Å². The predicted molar refractivity (Wildman–Crippen MR) is 236 cm³/mol. The van der Waals surface area contributed by atoms with Gasteiger partial charge in [0.2, 0.25) is 11.8 Å². The number of imide groups is 1. The van der Waals surface area contributed by atoms with Crippen molar-refractivity contribution >= 4 is 64.0 Å². The van der Waals surface area contributed by atoms with Gasteiger partial charge in [0.15, 0.2) is 5.69 Å². The van der Waals surface area contributed by atoms with Crippen LogP contribution in [0.1, 0.15) is 72.2 Å². The number of rotatable bonds is 17. The van der Waals surface area contributed by atoms with Gasteiger partial charge in [0, 0.05) is 68.3 Å². The monoisotopic (exact) mass is 849 g/mol. The van der Waals surface area contributed by atoms with Crippen molar-refractivity contribution in [2.45, 2.75) is 57.4 Å². The fraction of sp³-hybridized carbons (Fsp3) is 0.333. The molecule has 2 aliphatic heterocycles. The second-order valence-electron chi connectivity index (χ2n) is 15.0. The third-order valence-electron chi connectivity index (χ3n) is 10.8. The molecule has 13 nitrogen and oxygen atoms in total. The average Bonchev–Trinajstić information content (AvgIpc) is 3.69. The van der Waals surface area contributed by atoms with Gasteiger partial charge in [-0.1, -0.05) is 73.2 Å². The fourth-order valence-electron chi connectivity index (χ4n) is 7.46. The summed E-state index contributed by atoms with van der Waals surface area (Å²) in [6.45, 7) is 5.62. The molecule has 1 atom stereocenters. The van der Waals surface area contributed by atoms with Crippen LogP contribution in [0.15, 0.2) is 97.2 Å². The highest BCUT2D eigenvalue weighted by molar-refractivity contribution is 6.38. The van der Waals surface area contributed by atoms with Crippen LogP contribution < -0.4 is 26.2 Å². The lowest BCUT2D eigenvalue weighted by Gasteiger charge is -2.36. The van der Waals surface area contributed by atoms with Gasteiger partial charge in [0.05, 0.1) is 27.0 Å². The van der Waals surface area contributed by atoms with Gasteiger partial charge in [-0.15, -0.1) is 0 Å². The van der Waals surface area contributed by atoms with Gasteiger partial charge in [-0.3, -0.25) is 34.4 Å². The van der Waals surface area contributed by atoms with Crippen LogP contribution in [0.3, 0.4) is 0 Å². The number of para-hydroxylation sites is 1. The maximum Gasteiger partial charge on any atom is 0.271 e. The van der Waals surface area contributed by atoms with Gasteiger partial charge in [0.1, 0.15) is 11.9 Å². The smallest absolute Gasteiger partial charge is 0.271 e. The minimum absolute atomic E-state index is 0.180. The molecule has 4 amide bonds. The third kappa shape index (κ3) is 11.1. The highest BCUT2D eigenvalue weighted by atomic mass is 35.5. The van der Waals surface area contributed by atoms with Gasteiger partial charge < -0.3 is 20.9 Å². The first-order chi connectivity index (χ1) is 29.2. The summed E-state index contributed by atoms with van der Waals surface area (Å²) < 4.78 is 1.53. The number of pyridine rings is 1. The number of piperidine rings is 1. The van der Waals surface area contributed by atoms with Crippen LogP contribution in [0.2, 0.25) is 10.0 Å². The van der Waals surface area contributed by atoms with E-state index < -0.39 is 5.91 Å². The zero-order valence-electron chi connectivity index (χ0n) is 33.3. The summed E-state index contributed by atoms with van der Waals surface area (Å²) in [6.07, 6.45) is 8.97. The van der Waals surface area contributed by atoms with E-state index in [1.165, 1.54) is 22.9 Å². The zero-order valence-corrected chi connectivity index (χ0v) is 34.9. The van der Waals surface area contributed by atoms with E-state index in [1.54, 1.807) is 30.5 Å². The normalized spacial score (nSPS) is 15.7. The molecule has 2 saturated heterocycles. The standard InChI is InChI=1S/C45H49Cl2N9O4/c46-36-29-37(47)35(28-34(36)38-14-8-10-21-48-38)43(58)51-41-30-40(53-56(41)33-12-6-5-7-13-33)44(59)49-22-9-3-1-2-4-11-23-54-24-26-55(27-25-54)32-17-15-31(16-18-32)50-39-19-20-42(57)52-45(39)60/h5-8,10,12-18,21,28-30,39,50H,1-4,9,11,19-20,22-27H2,(H,49,59)(H,51,58)(H,52,57,60). The molecule has 2 fully saturated rings. The number of nitrogens with zero attached hydrogens (tertiary/aromatic N) is 5. The van der Waals surface area contributed by atoms with E-state index in [-0.39, 0.29) is 40.0 Å². The molecular weight excluding hydrogens is 801 g/mol. The second-order valence-corrected chi connectivity index (χ2v) is 15.9. The Kier molecular flexibility index (Phi) is 14.5. The minimum Gasteiger partial charge on any atom is -0.374 e. The Balaban J connectivity index is 0.807. The quantitative estimate of drug-likeness (QED) is 0.0547. The third-order valence-corrected chi connectivity index (χ3v) is 11.4. The summed E-state index contributed by atoms with van der Waals surface area (Å²) in [5.74, 6) is -0.963. The first kappa shape index (κ1) is 42.4. The first-order valence-electron chi connectivity index (χ1n) is 20.5. The molecule has 5 aromatic rings. The molecule has 4 heterocycles. The summed E-state index contributed by atoms with van der Waals surface area (Å²) in [4.78, 5) is 59.6. The molecule has 0 bridgehead atoms. The predicted octanol–water partition coefficient (Wildman–Crippen LogP) is 7.60. The average molecular weight is 851 g/mol. The Labute approximate surface area is 359 Å². The number of carbonyl (C=O) groups is 4.